The van der Waals surface area contributed by atoms with Crippen LogP contribution in [0.15, 0.2) is 47.4 Å². The summed E-state index contributed by atoms with van der Waals surface area (Å²) in [5.74, 6) is -1.53. The zero-order valence-electron chi connectivity index (χ0n) is 13.6. The highest BCUT2D eigenvalue weighted by molar-refractivity contribution is 7.89. The summed E-state index contributed by atoms with van der Waals surface area (Å²) in [4.78, 5) is 14.5. The van der Waals surface area contributed by atoms with Gasteiger partial charge < -0.3 is 10.1 Å². The minimum atomic E-state index is -3.76. The summed E-state index contributed by atoms with van der Waals surface area (Å²) in [6, 6.07) is 9.49. The number of hydrogen-bond donors (Lipinski definition) is 2. The second kappa shape index (κ2) is 5.93. The molecule has 2 aromatic carbocycles. The molecule has 6 nitrogen and oxygen atoms in total. The fraction of sp³-hybridized carbons (Fsp3) is 0.167. The van der Waals surface area contributed by atoms with E-state index in [0.29, 0.717) is 18.4 Å². The Kier molecular flexibility index (Phi) is 3.82. The molecule has 0 fully saturated rings. The molecular weight excluding hydrogens is 359 g/mol. The van der Waals surface area contributed by atoms with Crippen LogP contribution in [0.25, 0.3) is 10.9 Å². The molecule has 1 aliphatic rings. The van der Waals surface area contributed by atoms with E-state index in [-0.39, 0.29) is 17.0 Å². The van der Waals surface area contributed by atoms with E-state index >= 15 is 0 Å². The first-order valence-corrected chi connectivity index (χ1v) is 9.43. The van der Waals surface area contributed by atoms with Crippen LogP contribution >= 0.6 is 0 Å². The van der Waals surface area contributed by atoms with Gasteiger partial charge in [-0.2, -0.15) is 4.31 Å². The van der Waals surface area contributed by atoms with E-state index < -0.39 is 21.8 Å². The highest BCUT2D eigenvalue weighted by atomic mass is 32.2. The van der Waals surface area contributed by atoms with E-state index in [1.807, 2.05) is 0 Å². The Morgan fingerprint density at radius 2 is 1.88 bits per heavy atom. The van der Waals surface area contributed by atoms with E-state index in [9.17, 15) is 22.7 Å². The summed E-state index contributed by atoms with van der Waals surface area (Å²) in [6.07, 6.45) is 0.493. The molecule has 3 aromatic rings. The Hall–Kier alpha value is -2.71. The summed E-state index contributed by atoms with van der Waals surface area (Å²) in [7, 11) is -3.76. The number of nitrogens with zero attached hydrogens (tertiary/aromatic N) is 1. The Balaban J connectivity index is 1.75. The lowest BCUT2D eigenvalue weighted by Gasteiger charge is -2.26. The van der Waals surface area contributed by atoms with Gasteiger partial charge in [0.2, 0.25) is 10.0 Å². The number of rotatable bonds is 3. The van der Waals surface area contributed by atoms with Crippen molar-refractivity contribution in [3.63, 3.8) is 0 Å². The first-order valence-electron chi connectivity index (χ1n) is 7.99. The maximum Gasteiger partial charge on any atom is 0.335 e. The molecule has 8 heteroatoms. The quantitative estimate of drug-likeness (QED) is 0.738. The number of aromatic amines is 1. The summed E-state index contributed by atoms with van der Waals surface area (Å²) in [6.45, 7) is 0.434. The van der Waals surface area contributed by atoms with Crippen molar-refractivity contribution in [1.82, 2.24) is 9.29 Å². The number of aromatic nitrogens is 1. The van der Waals surface area contributed by atoms with Crippen LogP contribution < -0.4 is 0 Å². The van der Waals surface area contributed by atoms with Gasteiger partial charge in [0.25, 0.3) is 0 Å². The van der Waals surface area contributed by atoms with E-state index in [1.54, 1.807) is 12.1 Å². The van der Waals surface area contributed by atoms with Crippen molar-refractivity contribution >= 4 is 26.9 Å². The molecule has 1 aromatic heterocycles. The molecule has 0 bridgehead atoms. The number of hydrogen-bond acceptors (Lipinski definition) is 3. The van der Waals surface area contributed by atoms with Crippen LogP contribution in [0, 0.1) is 5.82 Å². The zero-order valence-corrected chi connectivity index (χ0v) is 14.4. The third-order valence-electron chi connectivity index (χ3n) is 4.64. The SMILES string of the molecule is O=C(O)c1ccc2[nH]c3c(c2c1)CN(S(=O)(=O)c1ccc(F)cc1)CC3. The minimum absolute atomic E-state index is 0.0356. The summed E-state index contributed by atoms with van der Waals surface area (Å²) in [5.41, 5.74) is 2.62. The van der Waals surface area contributed by atoms with Gasteiger partial charge in [-0.3, -0.25) is 0 Å². The van der Waals surface area contributed by atoms with E-state index in [4.69, 9.17) is 0 Å². The Labute approximate surface area is 148 Å². The number of carboxylic acid groups (broad SMARTS) is 1. The number of carboxylic acids is 1. The lowest BCUT2D eigenvalue weighted by atomic mass is 10.0. The van der Waals surface area contributed by atoms with Gasteiger partial charge in [-0.1, -0.05) is 0 Å². The third-order valence-corrected chi connectivity index (χ3v) is 6.50. The fourth-order valence-electron chi connectivity index (χ4n) is 3.28. The zero-order chi connectivity index (χ0) is 18.5. The summed E-state index contributed by atoms with van der Waals surface area (Å²) >= 11 is 0. The number of sulfonamides is 1. The monoisotopic (exact) mass is 374 g/mol. The van der Waals surface area contributed by atoms with Crippen LogP contribution in [0.3, 0.4) is 0 Å². The van der Waals surface area contributed by atoms with E-state index in [0.717, 1.165) is 28.9 Å². The molecule has 0 radical (unpaired) electrons. The van der Waals surface area contributed by atoms with Crippen molar-refractivity contribution in [1.29, 1.82) is 0 Å². The largest absolute Gasteiger partial charge is 0.478 e. The molecule has 26 heavy (non-hydrogen) atoms. The van der Waals surface area contributed by atoms with Gasteiger partial charge in [0.1, 0.15) is 5.82 Å². The standard InChI is InChI=1S/C18H15FN2O4S/c19-12-2-4-13(5-3-12)26(24,25)21-8-7-17-15(10-21)14-9-11(18(22)23)1-6-16(14)20-17/h1-6,9,20H,7-8,10H2,(H,22,23). The molecule has 0 aliphatic carbocycles. The average Bonchev–Trinajstić information content (AvgIpc) is 2.99. The second-order valence-electron chi connectivity index (χ2n) is 6.19. The lowest BCUT2D eigenvalue weighted by Crippen LogP contribution is -2.35. The van der Waals surface area contributed by atoms with Crippen molar-refractivity contribution < 1.29 is 22.7 Å². The average molecular weight is 374 g/mol. The van der Waals surface area contributed by atoms with E-state index in [2.05, 4.69) is 4.98 Å². The predicted octanol–water partition coefficient (Wildman–Crippen LogP) is 2.75. The van der Waals surface area contributed by atoms with Gasteiger partial charge in [-0.15, -0.1) is 0 Å². The fourth-order valence-corrected chi connectivity index (χ4v) is 4.69. The maximum absolute atomic E-state index is 13.1. The van der Waals surface area contributed by atoms with Crippen LogP contribution in [0.1, 0.15) is 21.6 Å². The first kappa shape index (κ1) is 16.7. The molecule has 1 aliphatic heterocycles. The predicted molar refractivity (Wildman–Crippen MR) is 93.0 cm³/mol. The Morgan fingerprint density at radius 3 is 2.58 bits per heavy atom. The van der Waals surface area contributed by atoms with Gasteiger partial charge >= 0.3 is 5.97 Å². The van der Waals surface area contributed by atoms with Crippen LogP contribution in [-0.2, 0) is 23.0 Å². The molecule has 0 saturated heterocycles. The smallest absolute Gasteiger partial charge is 0.335 e. The van der Waals surface area contributed by atoms with Crippen LogP contribution in [0.2, 0.25) is 0 Å². The number of fused-ring (bicyclic) bond motifs is 3. The molecule has 0 amide bonds. The third kappa shape index (κ3) is 2.67. The number of carbonyl (C=O) groups is 1. The van der Waals surface area contributed by atoms with E-state index in [1.165, 1.54) is 22.5 Å². The molecule has 0 unspecified atom stereocenters. The summed E-state index contributed by atoms with van der Waals surface area (Å²) in [5, 5.41) is 9.90. The maximum atomic E-state index is 13.1. The van der Waals surface area contributed by atoms with Gasteiger partial charge in [0.05, 0.1) is 10.5 Å². The summed E-state index contributed by atoms with van der Waals surface area (Å²) < 4.78 is 40.1. The van der Waals surface area contributed by atoms with Crippen molar-refractivity contribution in [2.45, 2.75) is 17.9 Å². The molecular formula is C18H15FN2O4S. The molecule has 2 heterocycles. The normalized spacial score (nSPS) is 15.1. The number of halogens is 1. The molecule has 4 rings (SSSR count). The number of benzene rings is 2. The van der Waals surface area contributed by atoms with Crippen LogP contribution in [0.4, 0.5) is 4.39 Å². The van der Waals surface area contributed by atoms with Gasteiger partial charge in [0.15, 0.2) is 0 Å². The van der Waals surface area contributed by atoms with Gasteiger partial charge in [0, 0.05) is 36.1 Å². The highest BCUT2D eigenvalue weighted by Gasteiger charge is 2.30. The van der Waals surface area contributed by atoms with Crippen LogP contribution in [-0.4, -0.2) is 35.3 Å². The second-order valence-corrected chi connectivity index (χ2v) is 8.13. The number of H-pyrrole nitrogens is 1. The van der Waals surface area contributed by atoms with Gasteiger partial charge in [-0.05, 0) is 48.0 Å². The first-order chi connectivity index (χ1) is 12.4. The van der Waals surface area contributed by atoms with Crippen molar-refractivity contribution in [2.75, 3.05) is 6.54 Å². The van der Waals surface area contributed by atoms with Crippen molar-refractivity contribution in [2.24, 2.45) is 0 Å². The lowest BCUT2D eigenvalue weighted by molar-refractivity contribution is 0.0697. The molecule has 134 valence electrons. The molecule has 0 saturated carbocycles. The Bertz CT molecular complexity index is 1120. The molecule has 0 atom stereocenters. The van der Waals surface area contributed by atoms with Crippen LogP contribution in [0.5, 0.6) is 0 Å². The van der Waals surface area contributed by atoms with Crippen molar-refractivity contribution in [3.8, 4) is 0 Å². The van der Waals surface area contributed by atoms with Gasteiger partial charge in [-0.25, -0.2) is 17.6 Å². The number of aromatic carboxylic acids is 1. The van der Waals surface area contributed by atoms with Crippen molar-refractivity contribution in [3.05, 3.63) is 65.1 Å². The molecule has 2 N–H and O–H groups in total. The number of nitrogens with one attached hydrogen (secondary N) is 1. The highest BCUT2D eigenvalue weighted by Crippen LogP contribution is 2.31. The Morgan fingerprint density at radius 1 is 1.15 bits per heavy atom. The minimum Gasteiger partial charge on any atom is -0.478 e. The topological polar surface area (TPSA) is 90.5 Å². The molecule has 0 spiro atoms.